The van der Waals surface area contributed by atoms with Gasteiger partial charge in [-0.3, -0.25) is 4.79 Å². The number of aliphatic hydroxyl groups is 1. The number of sulfone groups is 1. The van der Waals surface area contributed by atoms with E-state index in [1.807, 2.05) is 0 Å². The average Bonchev–Trinajstić information content (AvgIpc) is 2.76. The summed E-state index contributed by atoms with van der Waals surface area (Å²) in [5.41, 5.74) is -1.04. The molecule has 1 saturated heterocycles. The Hall–Kier alpha value is -2.50. The number of para-hydroxylation sites is 2. The van der Waals surface area contributed by atoms with E-state index in [1.165, 1.54) is 18.6 Å². The number of likely N-dealkylation sites (tertiary alicyclic amines) is 1. The third kappa shape index (κ3) is 5.60. The second-order valence-corrected chi connectivity index (χ2v) is 9.88. The molecule has 3 rings (SSSR count). The van der Waals surface area contributed by atoms with Crippen molar-refractivity contribution in [1.29, 1.82) is 0 Å². The van der Waals surface area contributed by atoms with E-state index in [0.717, 1.165) is 25.9 Å². The molecule has 1 amide bonds. The lowest BCUT2D eigenvalue weighted by atomic mass is 10.1. The van der Waals surface area contributed by atoms with Crippen LogP contribution in [0.3, 0.4) is 0 Å². The molecular formula is C20H28N4O6S. The lowest BCUT2D eigenvalue weighted by molar-refractivity contribution is -0.468. The van der Waals surface area contributed by atoms with E-state index < -0.39 is 32.9 Å². The molecule has 1 aliphatic rings. The van der Waals surface area contributed by atoms with Gasteiger partial charge in [-0.2, -0.15) is 0 Å². The van der Waals surface area contributed by atoms with Gasteiger partial charge in [-0.05, 0) is 45.0 Å². The molecule has 0 radical (unpaired) electrons. The van der Waals surface area contributed by atoms with Gasteiger partial charge >= 0.3 is 11.6 Å². The Morgan fingerprint density at radius 2 is 1.90 bits per heavy atom. The van der Waals surface area contributed by atoms with E-state index in [1.54, 1.807) is 12.1 Å². The molecule has 11 heteroatoms. The summed E-state index contributed by atoms with van der Waals surface area (Å²) in [4.78, 5) is 27.6. The van der Waals surface area contributed by atoms with Crippen molar-refractivity contribution in [2.24, 2.45) is 0 Å². The SMILES string of the molecule is O=C(NCCO)c1c(CS(=O)(=O)CCCN2CCCCC2)n([O-])c2ccccc2[n+]1=O. The van der Waals surface area contributed by atoms with Crippen LogP contribution in [-0.4, -0.2) is 67.6 Å². The van der Waals surface area contributed by atoms with Crippen molar-refractivity contribution in [2.45, 2.75) is 31.4 Å². The number of benzene rings is 1. The number of fused-ring (bicyclic) bond motifs is 1. The molecule has 0 saturated carbocycles. The van der Waals surface area contributed by atoms with Crippen molar-refractivity contribution in [1.82, 2.24) is 14.9 Å². The van der Waals surface area contributed by atoms with E-state index in [2.05, 4.69) is 10.2 Å². The summed E-state index contributed by atoms with van der Waals surface area (Å²) in [5, 5.41) is 24.2. The minimum absolute atomic E-state index is 0.0188. The number of piperidine rings is 1. The molecular weight excluding hydrogens is 424 g/mol. The van der Waals surface area contributed by atoms with E-state index in [4.69, 9.17) is 5.11 Å². The van der Waals surface area contributed by atoms with Crippen LogP contribution in [0.25, 0.3) is 11.0 Å². The maximum absolute atomic E-state index is 12.9. The second kappa shape index (κ2) is 10.2. The predicted molar refractivity (Wildman–Crippen MR) is 116 cm³/mol. The number of aromatic nitrogens is 2. The Bertz CT molecular complexity index is 1090. The molecule has 2 heterocycles. The van der Waals surface area contributed by atoms with Crippen LogP contribution in [0.4, 0.5) is 0 Å². The molecule has 1 aromatic carbocycles. The Labute approximate surface area is 180 Å². The zero-order chi connectivity index (χ0) is 22.4. The maximum Gasteiger partial charge on any atom is 0.347 e. The second-order valence-electron chi connectivity index (χ2n) is 7.70. The molecule has 0 atom stereocenters. The highest BCUT2D eigenvalue weighted by Crippen LogP contribution is 2.18. The number of carbonyl (C=O) groups excluding carboxylic acids is 1. The van der Waals surface area contributed by atoms with Crippen LogP contribution in [0, 0.1) is 10.1 Å². The highest BCUT2D eigenvalue weighted by Gasteiger charge is 2.31. The van der Waals surface area contributed by atoms with Gasteiger partial charge in [0.05, 0.1) is 22.5 Å². The number of hydrogen-bond acceptors (Lipinski definition) is 7. The van der Waals surface area contributed by atoms with Crippen molar-refractivity contribution < 1.29 is 22.7 Å². The van der Waals surface area contributed by atoms with Crippen LogP contribution in [0.5, 0.6) is 0 Å². The molecule has 0 bridgehead atoms. The Balaban J connectivity index is 1.89. The van der Waals surface area contributed by atoms with Crippen LogP contribution in [0.1, 0.15) is 41.9 Å². The van der Waals surface area contributed by atoms with Crippen molar-refractivity contribution in [3.05, 3.63) is 45.8 Å². The number of carbonyl (C=O) groups is 1. The minimum Gasteiger partial charge on any atom is -0.805 e. The first kappa shape index (κ1) is 23.2. The molecule has 1 aliphatic heterocycles. The Morgan fingerprint density at radius 3 is 2.61 bits per heavy atom. The van der Waals surface area contributed by atoms with Gasteiger partial charge in [0.2, 0.25) is 0 Å². The summed E-state index contributed by atoms with van der Waals surface area (Å²) in [5.74, 6) is -1.77. The van der Waals surface area contributed by atoms with Crippen LogP contribution < -0.4 is 9.74 Å². The van der Waals surface area contributed by atoms with Crippen LogP contribution in [-0.2, 0) is 15.6 Å². The van der Waals surface area contributed by atoms with Crippen molar-refractivity contribution in [3.8, 4) is 0 Å². The molecule has 2 N–H and O–H groups in total. The molecule has 1 aromatic heterocycles. The van der Waals surface area contributed by atoms with E-state index in [-0.39, 0.29) is 34.4 Å². The van der Waals surface area contributed by atoms with Gasteiger partial charge in [0.25, 0.3) is 5.52 Å². The molecule has 170 valence electrons. The fourth-order valence-corrected chi connectivity index (χ4v) is 5.25. The normalized spacial score (nSPS) is 15.3. The maximum atomic E-state index is 12.9. The van der Waals surface area contributed by atoms with Gasteiger partial charge in [-0.15, -0.1) is 0 Å². The summed E-state index contributed by atoms with van der Waals surface area (Å²) in [7, 11) is -3.75. The van der Waals surface area contributed by atoms with Gasteiger partial charge < -0.3 is 25.3 Å². The fourth-order valence-electron chi connectivity index (χ4n) is 3.86. The molecule has 10 nitrogen and oxygen atoms in total. The lowest BCUT2D eigenvalue weighted by Crippen LogP contribution is -2.39. The van der Waals surface area contributed by atoms with Crippen molar-refractivity contribution >= 4 is 26.8 Å². The number of rotatable bonds is 9. The van der Waals surface area contributed by atoms with Crippen LogP contribution in [0.15, 0.2) is 24.3 Å². The first-order valence-corrected chi connectivity index (χ1v) is 12.2. The quantitative estimate of drug-likeness (QED) is 0.526. The van der Waals surface area contributed by atoms with Crippen molar-refractivity contribution in [2.75, 3.05) is 38.5 Å². The lowest BCUT2D eigenvalue weighted by Gasteiger charge is -2.26. The summed E-state index contributed by atoms with van der Waals surface area (Å²) < 4.78 is 26.2. The first-order chi connectivity index (χ1) is 14.8. The number of hydrogen-bond donors (Lipinski definition) is 2. The average molecular weight is 453 g/mol. The summed E-state index contributed by atoms with van der Waals surface area (Å²) >= 11 is 0. The molecule has 2 aromatic rings. The minimum atomic E-state index is -3.75. The van der Waals surface area contributed by atoms with E-state index in [0.29, 0.717) is 17.7 Å². The molecule has 0 unspecified atom stereocenters. The fraction of sp³-hybridized carbons (Fsp3) is 0.550. The highest BCUT2D eigenvalue weighted by atomic mass is 32.2. The highest BCUT2D eigenvalue weighted by molar-refractivity contribution is 7.90. The molecule has 0 aliphatic carbocycles. The van der Waals surface area contributed by atoms with E-state index >= 15 is 0 Å². The predicted octanol–water partition coefficient (Wildman–Crippen LogP) is 0.415. The van der Waals surface area contributed by atoms with Gasteiger partial charge in [0, 0.05) is 17.5 Å². The standard InChI is InChI=1S/C20H28N4O6S/c25-13-9-21-20(26)19-18(23(27)16-7-2-3-8-17(16)24(19)28)15-31(29,30)14-6-12-22-10-4-1-5-11-22/h2-3,7-8,25H,1,4-6,9-15H2,(H,21,26). The Morgan fingerprint density at radius 1 is 1.19 bits per heavy atom. The smallest absolute Gasteiger partial charge is 0.347 e. The monoisotopic (exact) mass is 452 g/mol. The van der Waals surface area contributed by atoms with Gasteiger partial charge in [0.15, 0.2) is 9.84 Å². The topological polar surface area (TPSA) is 138 Å². The summed E-state index contributed by atoms with van der Waals surface area (Å²) in [6.07, 6.45) is 3.82. The number of aliphatic hydroxyl groups excluding tert-OH is 1. The number of nitrogens with one attached hydrogen (secondary N) is 1. The zero-order valence-electron chi connectivity index (χ0n) is 17.3. The molecule has 1 fully saturated rings. The Kier molecular flexibility index (Phi) is 7.63. The zero-order valence-corrected chi connectivity index (χ0v) is 18.1. The van der Waals surface area contributed by atoms with Gasteiger partial charge in [-0.1, -0.05) is 18.6 Å². The molecule has 0 spiro atoms. The third-order valence-corrected chi connectivity index (χ3v) is 7.01. The largest absolute Gasteiger partial charge is 0.805 e. The van der Waals surface area contributed by atoms with Crippen LogP contribution in [0.2, 0.25) is 0 Å². The van der Waals surface area contributed by atoms with Gasteiger partial charge in [-0.25, -0.2) is 8.42 Å². The summed E-state index contributed by atoms with van der Waals surface area (Å²) in [6.45, 7) is 2.07. The van der Waals surface area contributed by atoms with Gasteiger partial charge in [0.1, 0.15) is 11.2 Å². The third-order valence-electron chi connectivity index (χ3n) is 5.39. The van der Waals surface area contributed by atoms with E-state index in [9.17, 15) is 23.3 Å². The number of amides is 1. The summed E-state index contributed by atoms with van der Waals surface area (Å²) in [6, 6.07) is 5.89. The number of nitrogens with zero attached hydrogens (tertiary/aromatic N) is 3. The van der Waals surface area contributed by atoms with Crippen molar-refractivity contribution in [3.63, 3.8) is 0 Å². The van der Waals surface area contributed by atoms with Crippen LogP contribution >= 0.6 is 0 Å². The molecule has 31 heavy (non-hydrogen) atoms. The first-order valence-electron chi connectivity index (χ1n) is 10.4.